The first-order valence-electron chi connectivity index (χ1n) is 7.70. The molecule has 3 rings (SSSR count). The van der Waals surface area contributed by atoms with E-state index in [1.54, 1.807) is 0 Å². The monoisotopic (exact) mass is 287 g/mol. The van der Waals surface area contributed by atoms with Crippen LogP contribution in [0.15, 0.2) is 30.3 Å². The van der Waals surface area contributed by atoms with Crippen molar-refractivity contribution in [2.45, 2.75) is 44.1 Å². The quantitative estimate of drug-likeness (QED) is 0.810. The van der Waals surface area contributed by atoms with Crippen LogP contribution in [0.1, 0.15) is 43.6 Å². The molecule has 0 spiro atoms. The van der Waals surface area contributed by atoms with Crippen LogP contribution in [0.3, 0.4) is 0 Å². The maximum atomic E-state index is 12.0. The molecule has 0 bridgehead atoms. The number of carbonyl (C=O) groups excluding carboxylic acids is 1. The van der Waals surface area contributed by atoms with Gasteiger partial charge in [0.05, 0.1) is 0 Å². The van der Waals surface area contributed by atoms with Gasteiger partial charge in [0.25, 0.3) is 0 Å². The zero-order valence-corrected chi connectivity index (χ0v) is 12.0. The lowest BCUT2D eigenvalue weighted by molar-refractivity contribution is -0.142. The van der Waals surface area contributed by atoms with Gasteiger partial charge in [0.1, 0.15) is 6.04 Å². The van der Waals surface area contributed by atoms with Gasteiger partial charge in [-0.3, -0.25) is 4.79 Å². The van der Waals surface area contributed by atoms with Crippen LogP contribution in [-0.4, -0.2) is 23.0 Å². The topological polar surface area (TPSA) is 66.4 Å². The van der Waals surface area contributed by atoms with E-state index in [1.165, 1.54) is 5.56 Å². The molecule has 0 saturated heterocycles. The highest BCUT2D eigenvalue weighted by Crippen LogP contribution is 2.49. The molecule has 0 aromatic heterocycles. The lowest BCUT2D eigenvalue weighted by atomic mass is 10.1. The Hall–Kier alpha value is -1.84. The number of hydrogen-bond acceptors (Lipinski definition) is 2. The third-order valence-electron chi connectivity index (χ3n) is 4.50. The molecule has 0 radical (unpaired) electrons. The highest BCUT2D eigenvalue weighted by Gasteiger charge is 2.40. The van der Waals surface area contributed by atoms with Crippen molar-refractivity contribution in [2.75, 3.05) is 0 Å². The molecular formula is C17H21NO3. The molecule has 2 saturated carbocycles. The number of hydrogen-bond donors (Lipinski definition) is 2. The third kappa shape index (κ3) is 3.84. The van der Waals surface area contributed by atoms with Crippen molar-refractivity contribution in [1.29, 1.82) is 0 Å². The molecule has 1 unspecified atom stereocenters. The van der Waals surface area contributed by atoms with Gasteiger partial charge >= 0.3 is 5.97 Å². The molecule has 2 N–H and O–H groups in total. The van der Waals surface area contributed by atoms with E-state index in [1.807, 2.05) is 18.2 Å². The van der Waals surface area contributed by atoms with E-state index in [2.05, 4.69) is 17.4 Å². The maximum Gasteiger partial charge on any atom is 0.326 e. The Kier molecular flexibility index (Phi) is 3.95. The van der Waals surface area contributed by atoms with Gasteiger partial charge in [-0.15, -0.1) is 0 Å². The van der Waals surface area contributed by atoms with Gasteiger partial charge in [-0.05, 0) is 36.2 Å². The van der Waals surface area contributed by atoms with E-state index in [-0.39, 0.29) is 5.91 Å². The molecule has 2 aliphatic rings. The summed E-state index contributed by atoms with van der Waals surface area (Å²) in [5.41, 5.74) is 1.28. The predicted octanol–water partition coefficient (Wildman–Crippen LogP) is 2.55. The summed E-state index contributed by atoms with van der Waals surface area (Å²) in [6, 6.07) is 9.50. The summed E-state index contributed by atoms with van der Waals surface area (Å²) >= 11 is 0. The predicted molar refractivity (Wildman–Crippen MR) is 78.8 cm³/mol. The normalized spacial score (nSPS) is 25.1. The van der Waals surface area contributed by atoms with E-state index in [0.29, 0.717) is 30.6 Å². The number of carboxylic acid groups (broad SMARTS) is 1. The van der Waals surface area contributed by atoms with Crippen molar-refractivity contribution < 1.29 is 14.7 Å². The van der Waals surface area contributed by atoms with Crippen LogP contribution in [-0.2, 0) is 9.59 Å². The number of rotatable bonds is 7. The van der Waals surface area contributed by atoms with E-state index in [9.17, 15) is 9.59 Å². The fraction of sp³-hybridized carbons (Fsp3) is 0.529. The zero-order chi connectivity index (χ0) is 14.8. The molecule has 21 heavy (non-hydrogen) atoms. The molecule has 112 valence electrons. The van der Waals surface area contributed by atoms with Crippen LogP contribution in [0.25, 0.3) is 0 Å². The number of carbonyl (C=O) groups is 2. The SMILES string of the molecule is O=C(C[C@@H]1C[C@H]1c1ccccc1)NC(CC1CC1)C(=O)O. The third-order valence-corrected chi connectivity index (χ3v) is 4.50. The van der Waals surface area contributed by atoms with Gasteiger partial charge in [-0.25, -0.2) is 4.79 Å². The van der Waals surface area contributed by atoms with Crippen molar-refractivity contribution in [2.24, 2.45) is 11.8 Å². The van der Waals surface area contributed by atoms with E-state index in [0.717, 1.165) is 19.3 Å². The minimum absolute atomic E-state index is 0.119. The van der Waals surface area contributed by atoms with Gasteiger partial charge in [0, 0.05) is 6.42 Å². The van der Waals surface area contributed by atoms with Crippen molar-refractivity contribution in [3.8, 4) is 0 Å². The summed E-state index contributed by atoms with van der Waals surface area (Å²) in [6.45, 7) is 0. The standard InChI is InChI=1S/C17H21NO3/c19-16(18-15(17(20)21)8-11-6-7-11)10-13-9-14(13)12-4-2-1-3-5-12/h1-5,11,13-15H,6-10H2,(H,18,19)(H,20,21)/t13-,14-,15?/m0/s1. The van der Waals surface area contributed by atoms with Gasteiger partial charge < -0.3 is 10.4 Å². The lowest BCUT2D eigenvalue weighted by Crippen LogP contribution is -2.41. The van der Waals surface area contributed by atoms with E-state index in [4.69, 9.17) is 5.11 Å². The van der Waals surface area contributed by atoms with Crippen LogP contribution in [0, 0.1) is 11.8 Å². The molecule has 4 heteroatoms. The second kappa shape index (κ2) is 5.88. The minimum Gasteiger partial charge on any atom is -0.480 e. The highest BCUT2D eigenvalue weighted by molar-refractivity contribution is 5.83. The number of amides is 1. The molecule has 1 aromatic rings. The molecule has 2 fully saturated rings. The van der Waals surface area contributed by atoms with Gasteiger partial charge in [-0.1, -0.05) is 43.2 Å². The molecule has 1 amide bonds. The Labute approximate surface area is 124 Å². The Balaban J connectivity index is 1.47. The first-order valence-corrected chi connectivity index (χ1v) is 7.70. The fourth-order valence-electron chi connectivity index (χ4n) is 2.98. The summed E-state index contributed by atoms with van der Waals surface area (Å²) in [4.78, 5) is 23.2. The van der Waals surface area contributed by atoms with E-state index < -0.39 is 12.0 Å². The number of carboxylic acids is 1. The zero-order valence-electron chi connectivity index (χ0n) is 12.0. The smallest absolute Gasteiger partial charge is 0.326 e. The van der Waals surface area contributed by atoms with Crippen LogP contribution >= 0.6 is 0 Å². The average Bonchev–Trinajstić information content (AvgIpc) is 3.35. The maximum absolute atomic E-state index is 12.0. The molecule has 2 aliphatic carbocycles. The molecule has 0 aliphatic heterocycles. The van der Waals surface area contributed by atoms with E-state index >= 15 is 0 Å². The van der Waals surface area contributed by atoms with Crippen LogP contribution in [0.2, 0.25) is 0 Å². The Bertz CT molecular complexity index is 524. The number of aliphatic carboxylic acids is 1. The van der Waals surface area contributed by atoms with Crippen molar-refractivity contribution in [3.05, 3.63) is 35.9 Å². The first-order chi connectivity index (χ1) is 10.1. The summed E-state index contributed by atoms with van der Waals surface area (Å²) in [5, 5.41) is 11.9. The largest absolute Gasteiger partial charge is 0.480 e. The molecule has 4 nitrogen and oxygen atoms in total. The lowest BCUT2D eigenvalue weighted by Gasteiger charge is -2.14. The minimum atomic E-state index is -0.911. The summed E-state index contributed by atoms with van der Waals surface area (Å²) in [6.07, 6.45) is 4.23. The van der Waals surface area contributed by atoms with Gasteiger partial charge in [0.15, 0.2) is 0 Å². The van der Waals surface area contributed by atoms with Crippen LogP contribution < -0.4 is 5.32 Å². The second-order valence-corrected chi connectivity index (χ2v) is 6.35. The Morgan fingerprint density at radius 1 is 1.24 bits per heavy atom. The second-order valence-electron chi connectivity index (χ2n) is 6.35. The molecule has 1 aromatic carbocycles. The number of benzene rings is 1. The van der Waals surface area contributed by atoms with Crippen LogP contribution in [0.5, 0.6) is 0 Å². The molecule has 3 atom stereocenters. The van der Waals surface area contributed by atoms with Gasteiger partial charge in [0.2, 0.25) is 5.91 Å². The van der Waals surface area contributed by atoms with Crippen molar-refractivity contribution >= 4 is 11.9 Å². The summed E-state index contributed by atoms with van der Waals surface area (Å²) in [5.74, 6) is 0.285. The molecular weight excluding hydrogens is 266 g/mol. The fourth-order valence-corrected chi connectivity index (χ4v) is 2.98. The van der Waals surface area contributed by atoms with Gasteiger partial charge in [-0.2, -0.15) is 0 Å². The highest BCUT2D eigenvalue weighted by atomic mass is 16.4. The Morgan fingerprint density at radius 3 is 2.57 bits per heavy atom. The average molecular weight is 287 g/mol. The van der Waals surface area contributed by atoms with Crippen molar-refractivity contribution in [1.82, 2.24) is 5.32 Å². The summed E-state index contributed by atoms with van der Waals surface area (Å²) < 4.78 is 0. The Morgan fingerprint density at radius 2 is 1.95 bits per heavy atom. The summed E-state index contributed by atoms with van der Waals surface area (Å²) in [7, 11) is 0. The van der Waals surface area contributed by atoms with Crippen LogP contribution in [0.4, 0.5) is 0 Å². The first kappa shape index (κ1) is 14.1. The number of nitrogens with one attached hydrogen (secondary N) is 1. The molecule has 0 heterocycles. The van der Waals surface area contributed by atoms with Crippen molar-refractivity contribution in [3.63, 3.8) is 0 Å².